The number of aliphatic imine (C=N–C) groups is 1. The van der Waals surface area contributed by atoms with E-state index in [0.29, 0.717) is 17.2 Å². The monoisotopic (exact) mass is 542 g/mol. The molecule has 0 bridgehead atoms. The molecule has 212 valence electrons. The van der Waals surface area contributed by atoms with Crippen molar-refractivity contribution in [3.05, 3.63) is 83.7 Å². The molecule has 2 amide bonds. The number of hydrogen-bond donors (Lipinski definition) is 2. The van der Waals surface area contributed by atoms with Crippen molar-refractivity contribution in [2.75, 3.05) is 18.4 Å². The molecule has 0 atom stereocenters. The molecule has 40 heavy (non-hydrogen) atoms. The van der Waals surface area contributed by atoms with Gasteiger partial charge in [-0.1, -0.05) is 70.4 Å². The molecule has 1 heterocycles. The number of imidazole rings is 1. The van der Waals surface area contributed by atoms with Crippen LogP contribution in [0.5, 0.6) is 0 Å². The van der Waals surface area contributed by atoms with Gasteiger partial charge in [-0.15, -0.1) is 0 Å². The minimum Gasteiger partial charge on any atom is -0.400 e. The number of hydrogen-bond acceptors (Lipinski definition) is 5. The molecule has 0 spiro atoms. The highest BCUT2D eigenvalue weighted by Crippen LogP contribution is 2.19. The van der Waals surface area contributed by atoms with Crippen molar-refractivity contribution >= 4 is 34.5 Å². The van der Waals surface area contributed by atoms with Crippen LogP contribution in [0.4, 0.5) is 5.95 Å². The first kappa shape index (κ1) is 30.3. The second-order valence-electron chi connectivity index (χ2n) is 9.95. The largest absolute Gasteiger partial charge is 0.400 e. The second kappa shape index (κ2) is 14.8. The molecule has 1 aromatic heterocycles. The second-order valence-corrected chi connectivity index (χ2v) is 9.95. The van der Waals surface area contributed by atoms with Crippen LogP contribution in [0.2, 0.25) is 0 Å². The summed E-state index contributed by atoms with van der Waals surface area (Å²) in [6.07, 6.45) is 8.28. The molecule has 0 unspecified atom stereocenters. The number of aromatic nitrogens is 2. The van der Waals surface area contributed by atoms with Gasteiger partial charge in [0.05, 0.1) is 16.7 Å². The lowest BCUT2D eigenvalue weighted by Gasteiger charge is -2.22. The Morgan fingerprint density at radius 2 is 1.68 bits per heavy atom. The third-order valence-corrected chi connectivity index (χ3v) is 6.77. The van der Waals surface area contributed by atoms with Crippen molar-refractivity contribution in [1.29, 1.82) is 0 Å². The zero-order valence-corrected chi connectivity index (χ0v) is 24.2. The first-order valence-electron chi connectivity index (χ1n) is 14.1. The van der Waals surface area contributed by atoms with Crippen molar-refractivity contribution < 1.29 is 9.59 Å². The Morgan fingerprint density at radius 1 is 1.00 bits per heavy atom. The third kappa shape index (κ3) is 7.68. The van der Waals surface area contributed by atoms with E-state index >= 15 is 0 Å². The van der Waals surface area contributed by atoms with Crippen LogP contribution in [0.3, 0.4) is 0 Å². The number of carbonyl (C=O) groups excluding carboxylic acids is 2. The van der Waals surface area contributed by atoms with Crippen LogP contribution < -0.4 is 11.1 Å². The van der Waals surface area contributed by atoms with Crippen molar-refractivity contribution in [2.45, 2.75) is 59.3 Å². The SMILES string of the molecule is C=C/C(=N\C(C(=O)Nc1nc2ccccc2n1C)=C(/C)N)c1ccc(C(=O)N(CCC)CCCCCCC)cc1. The minimum atomic E-state index is -0.473. The van der Waals surface area contributed by atoms with Gasteiger partial charge in [0, 0.05) is 37.0 Å². The number of nitrogens with two attached hydrogens (primary N) is 1. The van der Waals surface area contributed by atoms with Gasteiger partial charge in [0.25, 0.3) is 11.8 Å². The summed E-state index contributed by atoms with van der Waals surface area (Å²) in [6.45, 7) is 11.3. The zero-order valence-electron chi connectivity index (χ0n) is 24.2. The summed E-state index contributed by atoms with van der Waals surface area (Å²) < 4.78 is 1.80. The highest BCUT2D eigenvalue weighted by Gasteiger charge is 2.18. The number of aryl methyl sites for hydroxylation is 1. The van der Waals surface area contributed by atoms with Crippen LogP contribution in [0, 0.1) is 0 Å². The predicted molar refractivity (Wildman–Crippen MR) is 164 cm³/mol. The number of rotatable bonds is 14. The minimum absolute atomic E-state index is 0.0289. The Kier molecular flexibility index (Phi) is 11.2. The Labute approximate surface area is 237 Å². The summed E-state index contributed by atoms with van der Waals surface area (Å²) >= 11 is 0. The lowest BCUT2D eigenvalue weighted by atomic mass is 10.1. The Hall–Kier alpha value is -4.20. The zero-order chi connectivity index (χ0) is 29.1. The number of fused-ring (bicyclic) bond motifs is 1. The number of unbranched alkanes of at least 4 members (excludes halogenated alkanes) is 4. The van der Waals surface area contributed by atoms with E-state index in [1.54, 1.807) is 29.7 Å². The molecule has 2 aromatic carbocycles. The molecule has 0 aliphatic heterocycles. The average molecular weight is 543 g/mol. The van der Waals surface area contributed by atoms with Gasteiger partial charge in [0.15, 0.2) is 0 Å². The third-order valence-electron chi connectivity index (χ3n) is 6.77. The molecule has 0 aliphatic rings. The van der Waals surface area contributed by atoms with Gasteiger partial charge in [-0.3, -0.25) is 14.9 Å². The van der Waals surface area contributed by atoms with Gasteiger partial charge in [0.1, 0.15) is 5.70 Å². The van der Waals surface area contributed by atoms with Gasteiger partial charge in [0.2, 0.25) is 5.95 Å². The lowest BCUT2D eigenvalue weighted by Crippen LogP contribution is -2.32. The van der Waals surface area contributed by atoms with E-state index in [9.17, 15) is 9.59 Å². The molecule has 0 fully saturated rings. The molecule has 3 aromatic rings. The van der Waals surface area contributed by atoms with Crippen molar-refractivity contribution in [3.63, 3.8) is 0 Å². The molecule has 0 radical (unpaired) electrons. The summed E-state index contributed by atoms with van der Waals surface area (Å²) in [5.41, 5.74) is 9.90. The van der Waals surface area contributed by atoms with Crippen LogP contribution in [-0.2, 0) is 11.8 Å². The van der Waals surface area contributed by atoms with Gasteiger partial charge in [-0.25, -0.2) is 9.98 Å². The van der Waals surface area contributed by atoms with Crippen LogP contribution in [-0.4, -0.2) is 45.1 Å². The molecule has 3 N–H and O–H groups in total. The summed E-state index contributed by atoms with van der Waals surface area (Å²) in [4.78, 5) is 37.4. The van der Waals surface area contributed by atoms with E-state index in [1.807, 2.05) is 48.3 Å². The van der Waals surface area contributed by atoms with E-state index in [2.05, 4.69) is 35.7 Å². The molecule has 0 aliphatic carbocycles. The maximum absolute atomic E-state index is 13.2. The molecule has 8 nitrogen and oxygen atoms in total. The fraction of sp³-hybridized carbons (Fsp3) is 0.375. The number of para-hydroxylation sites is 2. The van der Waals surface area contributed by atoms with Crippen LogP contribution in [0.15, 0.2) is 77.6 Å². The lowest BCUT2D eigenvalue weighted by molar-refractivity contribution is -0.113. The summed E-state index contributed by atoms with van der Waals surface area (Å²) in [5.74, 6) is -0.0509. The number of anilines is 1. The van der Waals surface area contributed by atoms with E-state index in [1.165, 1.54) is 19.3 Å². The first-order chi connectivity index (χ1) is 19.3. The summed E-state index contributed by atoms with van der Waals surface area (Å²) in [7, 11) is 1.83. The molecule has 0 saturated carbocycles. The highest BCUT2D eigenvalue weighted by atomic mass is 16.2. The van der Waals surface area contributed by atoms with E-state index in [0.717, 1.165) is 48.9 Å². The van der Waals surface area contributed by atoms with E-state index in [4.69, 9.17) is 5.73 Å². The highest BCUT2D eigenvalue weighted by molar-refractivity contribution is 6.13. The maximum Gasteiger partial charge on any atom is 0.278 e. The molecule has 8 heteroatoms. The van der Waals surface area contributed by atoms with Crippen molar-refractivity contribution in [3.8, 4) is 0 Å². The van der Waals surface area contributed by atoms with E-state index < -0.39 is 5.91 Å². The number of benzene rings is 2. The molecule has 3 rings (SSSR count). The van der Waals surface area contributed by atoms with Gasteiger partial charge >= 0.3 is 0 Å². The first-order valence-corrected chi connectivity index (χ1v) is 14.1. The van der Waals surface area contributed by atoms with Gasteiger partial charge in [-0.2, -0.15) is 0 Å². The smallest absolute Gasteiger partial charge is 0.278 e. The number of allylic oxidation sites excluding steroid dienone is 2. The Bertz CT molecular complexity index is 1380. The van der Waals surface area contributed by atoms with Crippen molar-refractivity contribution in [1.82, 2.24) is 14.5 Å². The topological polar surface area (TPSA) is 106 Å². The van der Waals surface area contributed by atoms with Crippen LogP contribution in [0.1, 0.15) is 75.2 Å². The van der Waals surface area contributed by atoms with E-state index in [-0.39, 0.29) is 17.3 Å². The quantitative estimate of drug-likeness (QED) is 0.144. The Balaban J connectivity index is 1.77. The fourth-order valence-electron chi connectivity index (χ4n) is 4.54. The van der Waals surface area contributed by atoms with Gasteiger partial charge in [-0.05, 0) is 50.1 Å². The molecular weight excluding hydrogens is 500 g/mol. The van der Waals surface area contributed by atoms with Crippen LogP contribution >= 0.6 is 0 Å². The standard InChI is InChI=1S/C32H42N6O2/c1-6-9-10-11-14-22-38(21-7-2)31(40)25-19-17-24(18-20-25)26(8-3)34-29(23(4)33)30(39)36-32-35-27-15-12-13-16-28(27)37(32)5/h8,12-13,15-20H,3,6-7,9-11,14,21-22,33H2,1-2,4-5H3,(H,35,36,39)/b29-23+,34-26+. The number of amides is 2. The summed E-state index contributed by atoms with van der Waals surface area (Å²) in [5, 5.41) is 2.82. The Morgan fingerprint density at radius 3 is 2.30 bits per heavy atom. The molecular formula is C32H42N6O2. The fourth-order valence-corrected chi connectivity index (χ4v) is 4.54. The van der Waals surface area contributed by atoms with Crippen LogP contribution in [0.25, 0.3) is 11.0 Å². The average Bonchev–Trinajstić information content (AvgIpc) is 3.27. The predicted octanol–water partition coefficient (Wildman–Crippen LogP) is 6.20. The van der Waals surface area contributed by atoms with Gasteiger partial charge < -0.3 is 15.2 Å². The number of carbonyl (C=O) groups is 2. The molecule has 0 saturated heterocycles. The number of nitrogens with one attached hydrogen (secondary N) is 1. The number of nitrogens with zero attached hydrogens (tertiary/aromatic N) is 4. The normalized spacial score (nSPS) is 12.2. The summed E-state index contributed by atoms with van der Waals surface area (Å²) in [6, 6.07) is 14.9. The maximum atomic E-state index is 13.2. The van der Waals surface area contributed by atoms with Crippen molar-refractivity contribution in [2.24, 2.45) is 17.8 Å².